The Bertz CT molecular complexity index is 556. The molecular weight excluding hydrogens is 236 g/mol. The Morgan fingerprint density at radius 2 is 2.18 bits per heavy atom. The fraction of sp³-hybridized carbons (Fsp3) is 0.200. The minimum Gasteiger partial charge on any atom is -0.363 e. The highest BCUT2D eigenvalue weighted by atomic mass is 32.1. The van der Waals surface area contributed by atoms with Crippen molar-refractivity contribution in [2.24, 2.45) is 0 Å². The smallest absolute Gasteiger partial charge is 0.189 e. The number of rotatable bonds is 3. The molecule has 0 bridgehead atoms. The average Bonchev–Trinajstić information content (AvgIpc) is 2.77. The van der Waals surface area contributed by atoms with Gasteiger partial charge >= 0.3 is 0 Å². The highest BCUT2D eigenvalue weighted by molar-refractivity contribution is 7.16. The maximum Gasteiger partial charge on any atom is 0.189 e. The third-order valence-corrected chi connectivity index (χ3v) is 2.78. The largest absolute Gasteiger partial charge is 0.363 e. The Morgan fingerprint density at radius 3 is 2.82 bits per heavy atom. The molecule has 0 aromatic carbocycles. The topological polar surface area (TPSA) is 77.7 Å². The Morgan fingerprint density at radius 1 is 1.35 bits per heavy atom. The molecule has 7 heteroatoms. The van der Waals surface area contributed by atoms with Crippen molar-refractivity contribution >= 4 is 28.1 Å². The molecule has 0 atom stereocenters. The van der Waals surface area contributed by atoms with Crippen LogP contribution < -0.4 is 10.2 Å². The van der Waals surface area contributed by atoms with Gasteiger partial charge < -0.3 is 10.2 Å². The van der Waals surface area contributed by atoms with E-state index in [-0.39, 0.29) is 0 Å². The van der Waals surface area contributed by atoms with E-state index in [9.17, 15) is 0 Å². The van der Waals surface area contributed by atoms with E-state index < -0.39 is 0 Å². The molecule has 0 aliphatic rings. The number of anilines is 3. The van der Waals surface area contributed by atoms with Gasteiger partial charge in [-0.3, -0.25) is 0 Å². The Balaban J connectivity index is 2.18. The monoisotopic (exact) mass is 246 g/mol. The van der Waals surface area contributed by atoms with Gasteiger partial charge in [0.2, 0.25) is 0 Å². The highest BCUT2D eigenvalue weighted by Crippen LogP contribution is 2.21. The van der Waals surface area contributed by atoms with Gasteiger partial charge in [0.25, 0.3) is 0 Å². The van der Waals surface area contributed by atoms with E-state index in [0.717, 1.165) is 5.82 Å². The van der Waals surface area contributed by atoms with Crippen LogP contribution in [0, 0.1) is 11.3 Å². The molecule has 0 aliphatic carbocycles. The molecule has 2 aromatic rings. The lowest BCUT2D eigenvalue weighted by Gasteiger charge is -2.11. The van der Waals surface area contributed by atoms with Crippen molar-refractivity contribution in [2.75, 3.05) is 24.3 Å². The molecule has 2 rings (SSSR count). The van der Waals surface area contributed by atoms with Crippen LogP contribution >= 0.6 is 11.3 Å². The molecule has 0 unspecified atom stereocenters. The Labute approximate surface area is 103 Å². The van der Waals surface area contributed by atoms with Crippen LogP contribution in [0.25, 0.3) is 0 Å². The first-order chi connectivity index (χ1) is 8.19. The molecule has 86 valence electrons. The second-order valence-corrected chi connectivity index (χ2v) is 4.45. The number of hydrogen-bond acceptors (Lipinski definition) is 7. The van der Waals surface area contributed by atoms with Crippen LogP contribution in [0.5, 0.6) is 0 Å². The number of nitrogens with zero attached hydrogens (tertiary/aromatic N) is 5. The summed E-state index contributed by atoms with van der Waals surface area (Å²) in [5.74, 6) is 1.46. The van der Waals surface area contributed by atoms with Crippen molar-refractivity contribution in [2.45, 2.75) is 0 Å². The third kappa shape index (κ3) is 2.68. The molecule has 0 radical (unpaired) electrons. The van der Waals surface area contributed by atoms with E-state index in [0.29, 0.717) is 15.8 Å². The molecule has 0 saturated heterocycles. The molecule has 2 heterocycles. The summed E-state index contributed by atoms with van der Waals surface area (Å²) in [6.45, 7) is 0. The van der Waals surface area contributed by atoms with Crippen molar-refractivity contribution < 1.29 is 0 Å². The summed E-state index contributed by atoms with van der Waals surface area (Å²) in [6.07, 6.45) is 3.01. The molecule has 17 heavy (non-hydrogen) atoms. The van der Waals surface area contributed by atoms with E-state index in [1.54, 1.807) is 0 Å². The summed E-state index contributed by atoms with van der Waals surface area (Å²) >= 11 is 1.28. The van der Waals surface area contributed by atoms with Crippen LogP contribution in [0.2, 0.25) is 0 Å². The zero-order valence-corrected chi connectivity index (χ0v) is 10.2. The Hall–Kier alpha value is -2.20. The van der Waals surface area contributed by atoms with Crippen LogP contribution in [-0.4, -0.2) is 29.0 Å². The van der Waals surface area contributed by atoms with Crippen LogP contribution in [0.1, 0.15) is 4.88 Å². The van der Waals surface area contributed by atoms with Crippen LogP contribution in [0.3, 0.4) is 0 Å². The van der Waals surface area contributed by atoms with E-state index in [4.69, 9.17) is 5.26 Å². The SMILES string of the molecule is CN(C)c1cc(Nc2ncc(C#N)s2)ncn1. The van der Waals surface area contributed by atoms with E-state index in [2.05, 4.69) is 20.3 Å². The summed E-state index contributed by atoms with van der Waals surface area (Å²) in [7, 11) is 3.81. The third-order valence-electron chi connectivity index (χ3n) is 1.96. The van der Waals surface area contributed by atoms with Gasteiger partial charge in [0.15, 0.2) is 5.13 Å². The van der Waals surface area contributed by atoms with E-state index in [1.165, 1.54) is 23.9 Å². The molecule has 0 spiro atoms. The zero-order chi connectivity index (χ0) is 12.3. The first-order valence-corrected chi connectivity index (χ1v) is 5.63. The minimum atomic E-state index is 0.564. The molecule has 6 nitrogen and oxygen atoms in total. The lowest BCUT2D eigenvalue weighted by atomic mass is 10.5. The number of nitrogens with one attached hydrogen (secondary N) is 1. The van der Waals surface area contributed by atoms with Gasteiger partial charge in [-0.25, -0.2) is 15.0 Å². The van der Waals surface area contributed by atoms with Gasteiger partial charge in [0.05, 0.1) is 6.20 Å². The molecule has 1 N–H and O–H groups in total. The van der Waals surface area contributed by atoms with Crippen LogP contribution in [0.15, 0.2) is 18.6 Å². The average molecular weight is 246 g/mol. The molecule has 2 aromatic heterocycles. The predicted octanol–water partition coefficient (Wildman–Crippen LogP) is 1.61. The lowest BCUT2D eigenvalue weighted by Crippen LogP contribution is -2.11. The van der Waals surface area contributed by atoms with Gasteiger partial charge in [-0.2, -0.15) is 5.26 Å². The molecule has 0 fully saturated rings. The molecular formula is C10H10N6S. The second kappa shape index (κ2) is 4.76. The number of nitriles is 1. The summed E-state index contributed by atoms with van der Waals surface area (Å²) in [6, 6.07) is 3.85. The zero-order valence-electron chi connectivity index (χ0n) is 9.38. The Kier molecular flexibility index (Phi) is 3.16. The maximum atomic E-state index is 8.69. The summed E-state index contributed by atoms with van der Waals surface area (Å²) in [5.41, 5.74) is 0. The summed E-state index contributed by atoms with van der Waals surface area (Å²) in [4.78, 5) is 14.7. The standard InChI is InChI=1S/C10H10N6S/c1-16(2)9-3-8(13-6-14-9)15-10-12-5-7(4-11)17-10/h3,5-6H,1-2H3,(H,12,13,14,15). The van der Waals surface area contributed by atoms with Crippen LogP contribution in [-0.2, 0) is 0 Å². The molecule has 0 aliphatic heterocycles. The van der Waals surface area contributed by atoms with Gasteiger partial charge in [-0.15, -0.1) is 0 Å². The van der Waals surface area contributed by atoms with Gasteiger partial charge in [-0.1, -0.05) is 11.3 Å². The second-order valence-electron chi connectivity index (χ2n) is 3.42. The first kappa shape index (κ1) is 11.3. The van der Waals surface area contributed by atoms with Crippen molar-refractivity contribution in [1.29, 1.82) is 5.26 Å². The number of thiazole rings is 1. The van der Waals surface area contributed by atoms with Crippen molar-refractivity contribution in [3.05, 3.63) is 23.5 Å². The van der Waals surface area contributed by atoms with E-state index in [1.807, 2.05) is 31.1 Å². The van der Waals surface area contributed by atoms with Gasteiger partial charge in [-0.05, 0) is 0 Å². The molecule has 0 amide bonds. The first-order valence-electron chi connectivity index (χ1n) is 4.81. The van der Waals surface area contributed by atoms with Crippen LogP contribution in [0.4, 0.5) is 16.8 Å². The fourth-order valence-electron chi connectivity index (χ4n) is 1.15. The highest BCUT2D eigenvalue weighted by Gasteiger charge is 2.04. The normalized spacial score (nSPS) is 9.71. The number of hydrogen-bond donors (Lipinski definition) is 1. The molecule has 0 saturated carbocycles. The number of aromatic nitrogens is 3. The van der Waals surface area contributed by atoms with Gasteiger partial charge in [0.1, 0.15) is 28.9 Å². The minimum absolute atomic E-state index is 0.564. The van der Waals surface area contributed by atoms with Crippen molar-refractivity contribution in [1.82, 2.24) is 15.0 Å². The van der Waals surface area contributed by atoms with E-state index >= 15 is 0 Å². The van der Waals surface area contributed by atoms with Gasteiger partial charge in [0, 0.05) is 20.2 Å². The fourth-order valence-corrected chi connectivity index (χ4v) is 1.77. The maximum absolute atomic E-state index is 8.69. The predicted molar refractivity (Wildman–Crippen MR) is 66.5 cm³/mol. The lowest BCUT2D eigenvalue weighted by molar-refractivity contribution is 1.04. The van der Waals surface area contributed by atoms with Crippen molar-refractivity contribution in [3.63, 3.8) is 0 Å². The summed E-state index contributed by atoms with van der Waals surface area (Å²) in [5, 5.41) is 12.4. The quantitative estimate of drug-likeness (QED) is 0.886. The summed E-state index contributed by atoms with van der Waals surface area (Å²) < 4.78 is 0. The van der Waals surface area contributed by atoms with Crippen molar-refractivity contribution in [3.8, 4) is 6.07 Å².